The molecule has 1 aliphatic heterocycles. The van der Waals surface area contributed by atoms with E-state index in [4.69, 9.17) is 16.3 Å². The maximum atomic E-state index is 11.9. The first-order chi connectivity index (χ1) is 11.7. The summed E-state index contributed by atoms with van der Waals surface area (Å²) < 4.78 is 5.08. The van der Waals surface area contributed by atoms with Crippen LogP contribution < -0.4 is 4.90 Å². The fraction of sp³-hybridized carbons (Fsp3) is 0.562. The van der Waals surface area contributed by atoms with Gasteiger partial charge in [-0.15, -0.1) is 11.3 Å². The van der Waals surface area contributed by atoms with Gasteiger partial charge in [0, 0.05) is 31.1 Å². The van der Waals surface area contributed by atoms with Crippen molar-refractivity contribution in [3.63, 3.8) is 0 Å². The van der Waals surface area contributed by atoms with Crippen LogP contribution in [0.5, 0.6) is 0 Å². The lowest BCUT2D eigenvalue weighted by Gasteiger charge is -2.35. The van der Waals surface area contributed by atoms with E-state index in [2.05, 4.69) is 14.9 Å². The normalized spacial score (nSPS) is 17.4. The number of carbonyl (C=O) groups excluding carboxylic acids is 1. The molecule has 1 fully saturated rings. The highest BCUT2D eigenvalue weighted by Crippen LogP contribution is 2.41. The first-order valence-corrected chi connectivity index (χ1v) is 9.51. The van der Waals surface area contributed by atoms with E-state index in [1.54, 1.807) is 16.2 Å². The number of ether oxygens (including phenoxy) is 1. The third kappa shape index (κ3) is 2.69. The van der Waals surface area contributed by atoms with Crippen molar-refractivity contribution in [2.45, 2.75) is 26.2 Å². The molecule has 24 heavy (non-hydrogen) atoms. The van der Waals surface area contributed by atoms with Crippen LogP contribution >= 0.6 is 22.9 Å². The van der Waals surface area contributed by atoms with Gasteiger partial charge in [-0.3, -0.25) is 0 Å². The van der Waals surface area contributed by atoms with Crippen LogP contribution in [0.1, 0.15) is 23.8 Å². The monoisotopic (exact) mass is 366 g/mol. The maximum absolute atomic E-state index is 11.9. The van der Waals surface area contributed by atoms with Crippen LogP contribution in [-0.4, -0.2) is 53.7 Å². The molecule has 0 spiro atoms. The zero-order valence-electron chi connectivity index (χ0n) is 13.5. The van der Waals surface area contributed by atoms with Crippen molar-refractivity contribution in [3.8, 4) is 0 Å². The van der Waals surface area contributed by atoms with Gasteiger partial charge in [-0.2, -0.15) is 4.98 Å². The van der Waals surface area contributed by atoms with E-state index in [0.29, 0.717) is 25.0 Å². The molecule has 2 aliphatic rings. The second-order valence-corrected chi connectivity index (χ2v) is 7.45. The first-order valence-electron chi connectivity index (χ1n) is 8.31. The lowest BCUT2D eigenvalue weighted by atomic mass is 10.1. The van der Waals surface area contributed by atoms with Crippen molar-refractivity contribution in [1.29, 1.82) is 0 Å². The standard InChI is InChI=1S/C16H19ClN4O2S/c1-2-23-16(22)21-8-6-20(7-9-21)13-12-10-4-3-5-11(10)24-14(12)19-15(17)18-13/h2-9H2,1H3. The summed E-state index contributed by atoms with van der Waals surface area (Å²) in [6, 6.07) is 0. The third-order valence-corrected chi connectivity index (χ3v) is 5.98. The Labute approximate surface area is 149 Å². The summed E-state index contributed by atoms with van der Waals surface area (Å²) in [7, 11) is 0. The molecule has 1 saturated heterocycles. The number of hydrogen-bond acceptors (Lipinski definition) is 6. The van der Waals surface area contributed by atoms with Crippen molar-refractivity contribution >= 4 is 45.1 Å². The molecule has 0 aromatic carbocycles. The molecule has 0 N–H and O–H groups in total. The summed E-state index contributed by atoms with van der Waals surface area (Å²) in [5.74, 6) is 0.924. The number of hydrogen-bond donors (Lipinski definition) is 0. The number of carbonyl (C=O) groups is 1. The summed E-state index contributed by atoms with van der Waals surface area (Å²) in [5.41, 5.74) is 1.40. The second-order valence-electron chi connectivity index (χ2n) is 6.03. The quantitative estimate of drug-likeness (QED) is 0.764. The molecule has 4 rings (SSSR count). The Morgan fingerprint density at radius 3 is 2.79 bits per heavy atom. The lowest BCUT2D eigenvalue weighted by Crippen LogP contribution is -2.49. The van der Waals surface area contributed by atoms with Crippen LogP contribution in [0.15, 0.2) is 0 Å². The van der Waals surface area contributed by atoms with Crippen molar-refractivity contribution in [3.05, 3.63) is 15.7 Å². The van der Waals surface area contributed by atoms with E-state index in [-0.39, 0.29) is 6.09 Å². The smallest absolute Gasteiger partial charge is 0.409 e. The van der Waals surface area contributed by atoms with Crippen LogP contribution in [0.25, 0.3) is 10.2 Å². The molecule has 1 amide bonds. The lowest BCUT2D eigenvalue weighted by molar-refractivity contribution is 0.105. The van der Waals surface area contributed by atoms with Crippen LogP contribution in [0.3, 0.4) is 0 Å². The molecular formula is C16H19ClN4O2S. The van der Waals surface area contributed by atoms with E-state index in [9.17, 15) is 4.79 Å². The summed E-state index contributed by atoms with van der Waals surface area (Å²) >= 11 is 7.90. The molecule has 0 atom stereocenters. The Kier molecular flexibility index (Phi) is 4.22. The Hall–Kier alpha value is -1.60. The largest absolute Gasteiger partial charge is 0.450 e. The van der Waals surface area contributed by atoms with Crippen LogP contribution in [0, 0.1) is 0 Å². The summed E-state index contributed by atoms with van der Waals surface area (Å²) in [6.45, 7) is 4.95. The molecule has 0 unspecified atom stereocenters. The highest BCUT2D eigenvalue weighted by Gasteiger charge is 2.28. The number of rotatable bonds is 2. The number of aromatic nitrogens is 2. The van der Waals surface area contributed by atoms with Gasteiger partial charge in [0.2, 0.25) is 5.28 Å². The van der Waals surface area contributed by atoms with Crippen molar-refractivity contribution in [2.24, 2.45) is 0 Å². The van der Waals surface area contributed by atoms with E-state index >= 15 is 0 Å². The van der Waals surface area contributed by atoms with Gasteiger partial charge >= 0.3 is 6.09 Å². The van der Waals surface area contributed by atoms with Crippen LogP contribution in [-0.2, 0) is 17.6 Å². The minimum Gasteiger partial charge on any atom is -0.450 e. The molecule has 3 heterocycles. The Morgan fingerprint density at radius 2 is 2.04 bits per heavy atom. The molecule has 0 bridgehead atoms. The van der Waals surface area contributed by atoms with E-state index in [1.165, 1.54) is 22.2 Å². The Bertz CT molecular complexity index is 786. The van der Waals surface area contributed by atoms with Gasteiger partial charge in [0.25, 0.3) is 0 Å². The van der Waals surface area contributed by atoms with E-state index in [1.807, 2.05) is 6.92 Å². The predicted octanol–water partition coefficient (Wildman–Crippen LogP) is 3.11. The number of anilines is 1. The molecule has 8 heteroatoms. The van der Waals surface area contributed by atoms with Gasteiger partial charge in [0.05, 0.1) is 12.0 Å². The first kappa shape index (κ1) is 15.9. The highest BCUT2D eigenvalue weighted by atomic mass is 35.5. The van der Waals surface area contributed by atoms with Crippen molar-refractivity contribution in [2.75, 3.05) is 37.7 Å². The zero-order valence-corrected chi connectivity index (χ0v) is 15.1. The van der Waals surface area contributed by atoms with Gasteiger partial charge in [-0.05, 0) is 43.4 Å². The van der Waals surface area contributed by atoms with Gasteiger partial charge in [-0.25, -0.2) is 9.78 Å². The predicted molar refractivity (Wildman–Crippen MR) is 95.3 cm³/mol. The van der Waals surface area contributed by atoms with Gasteiger partial charge in [0.1, 0.15) is 10.6 Å². The Morgan fingerprint density at radius 1 is 1.25 bits per heavy atom. The van der Waals surface area contributed by atoms with Gasteiger partial charge < -0.3 is 14.5 Å². The zero-order chi connectivity index (χ0) is 16.7. The molecule has 6 nitrogen and oxygen atoms in total. The molecule has 2 aromatic rings. The summed E-state index contributed by atoms with van der Waals surface area (Å²) in [5, 5.41) is 1.46. The minimum absolute atomic E-state index is 0.237. The summed E-state index contributed by atoms with van der Waals surface area (Å²) in [6.07, 6.45) is 3.19. The maximum Gasteiger partial charge on any atom is 0.409 e. The average Bonchev–Trinajstić information content (AvgIpc) is 3.15. The minimum atomic E-state index is -0.237. The van der Waals surface area contributed by atoms with Crippen molar-refractivity contribution < 1.29 is 9.53 Å². The molecule has 2 aromatic heterocycles. The number of piperazine rings is 1. The average molecular weight is 367 g/mol. The molecule has 0 saturated carbocycles. The second kappa shape index (κ2) is 6.37. The van der Waals surface area contributed by atoms with Crippen LogP contribution in [0.4, 0.5) is 10.6 Å². The molecular weight excluding hydrogens is 348 g/mol. The SMILES string of the molecule is CCOC(=O)N1CCN(c2nc(Cl)nc3sc4c(c23)CCC4)CC1. The molecule has 0 radical (unpaired) electrons. The fourth-order valence-corrected chi connectivity index (χ4v) is 4.97. The van der Waals surface area contributed by atoms with E-state index < -0.39 is 0 Å². The number of aryl methyl sites for hydroxylation is 2. The number of thiophene rings is 1. The summed E-state index contributed by atoms with van der Waals surface area (Å²) in [4.78, 5) is 27.2. The van der Waals surface area contributed by atoms with Crippen molar-refractivity contribution in [1.82, 2.24) is 14.9 Å². The highest BCUT2D eigenvalue weighted by molar-refractivity contribution is 7.19. The number of nitrogens with zero attached hydrogens (tertiary/aromatic N) is 4. The Balaban J connectivity index is 1.62. The third-order valence-electron chi connectivity index (χ3n) is 4.62. The number of fused-ring (bicyclic) bond motifs is 3. The fourth-order valence-electron chi connectivity index (χ4n) is 3.50. The topological polar surface area (TPSA) is 58.6 Å². The van der Waals surface area contributed by atoms with E-state index in [0.717, 1.165) is 36.6 Å². The number of amides is 1. The molecule has 1 aliphatic carbocycles. The van der Waals surface area contributed by atoms with Gasteiger partial charge in [-0.1, -0.05) is 0 Å². The van der Waals surface area contributed by atoms with Crippen LogP contribution in [0.2, 0.25) is 5.28 Å². The van der Waals surface area contributed by atoms with Gasteiger partial charge in [0.15, 0.2) is 0 Å². The number of halogens is 1. The molecule has 128 valence electrons.